The molecule has 120 valence electrons. The lowest BCUT2D eigenvalue weighted by atomic mass is 10.0. The van der Waals surface area contributed by atoms with E-state index in [9.17, 15) is 14.7 Å². The quantitative estimate of drug-likeness (QED) is 0.808. The molecule has 5 nitrogen and oxygen atoms in total. The maximum absolute atomic E-state index is 12.3. The molecule has 0 radical (unpaired) electrons. The van der Waals surface area contributed by atoms with Gasteiger partial charge in [0.05, 0.1) is 12.6 Å². The van der Waals surface area contributed by atoms with E-state index in [-0.39, 0.29) is 11.5 Å². The van der Waals surface area contributed by atoms with Gasteiger partial charge < -0.3 is 19.7 Å². The minimum Gasteiger partial charge on any atom is -0.546 e. The van der Waals surface area contributed by atoms with Crippen LogP contribution in [0, 0.1) is 0 Å². The molecule has 0 heterocycles. The van der Waals surface area contributed by atoms with Crippen molar-refractivity contribution in [3.05, 3.63) is 64.7 Å². The monoisotopic (exact) mass is 333 g/mol. The Morgan fingerprint density at radius 2 is 1.57 bits per heavy atom. The van der Waals surface area contributed by atoms with Crippen LogP contribution in [0.5, 0.6) is 5.75 Å². The van der Waals surface area contributed by atoms with Gasteiger partial charge in [0.2, 0.25) is 0 Å². The Bertz CT molecular complexity index is 709. The number of carbonyl (C=O) groups excluding carboxylic acids is 2. The first-order chi connectivity index (χ1) is 10.9. The highest BCUT2D eigenvalue weighted by atomic mass is 35.5. The number of hydrogen-bond donors (Lipinski definition) is 1. The molecule has 0 aliphatic rings. The summed E-state index contributed by atoms with van der Waals surface area (Å²) in [7, 11) is 0. The molecule has 0 amide bonds. The van der Waals surface area contributed by atoms with Crippen LogP contribution in [0.25, 0.3) is 0 Å². The Morgan fingerprint density at radius 1 is 1.09 bits per heavy atom. The second kappa shape index (κ2) is 6.81. The molecule has 0 fully saturated rings. The highest BCUT2D eigenvalue weighted by Gasteiger charge is 2.27. The number of benzene rings is 2. The number of rotatable bonds is 6. The molecule has 2 rings (SSSR count). The fraction of sp³-hybridized carbons (Fsp3) is 0.176. The number of hydrogen-bond acceptors (Lipinski definition) is 5. The zero-order valence-corrected chi connectivity index (χ0v) is 13.0. The van der Waals surface area contributed by atoms with E-state index in [1.807, 2.05) is 0 Å². The number of halogens is 1. The lowest BCUT2D eigenvalue weighted by Gasteiger charge is -2.29. The molecule has 1 N–H and O–H groups in total. The molecule has 0 bridgehead atoms. The number of aliphatic hydroxyl groups excluding tert-OH is 1. The van der Waals surface area contributed by atoms with Gasteiger partial charge in [-0.1, -0.05) is 11.6 Å². The molecule has 6 heteroatoms. The molecule has 0 saturated heterocycles. The van der Waals surface area contributed by atoms with E-state index in [1.165, 1.54) is 31.2 Å². The van der Waals surface area contributed by atoms with Gasteiger partial charge in [-0.15, -0.1) is 0 Å². The van der Waals surface area contributed by atoms with Crippen LogP contribution in [-0.2, 0) is 4.79 Å². The Kier molecular flexibility index (Phi) is 5.03. The van der Waals surface area contributed by atoms with Crippen molar-refractivity contribution in [2.75, 3.05) is 6.61 Å². The third-order valence-electron chi connectivity index (χ3n) is 3.30. The largest absolute Gasteiger partial charge is 0.546 e. The summed E-state index contributed by atoms with van der Waals surface area (Å²) in [6, 6.07) is 12.4. The van der Waals surface area contributed by atoms with E-state index < -0.39 is 18.2 Å². The Labute approximate surface area is 138 Å². The third-order valence-corrected chi connectivity index (χ3v) is 3.55. The maximum Gasteiger partial charge on any atom is 0.193 e. The Hall–Kier alpha value is -2.37. The molecule has 0 aliphatic heterocycles. The average Bonchev–Trinajstić information content (AvgIpc) is 2.55. The van der Waals surface area contributed by atoms with E-state index in [0.717, 1.165) is 0 Å². The van der Waals surface area contributed by atoms with Crippen LogP contribution in [0.1, 0.15) is 22.8 Å². The lowest BCUT2D eigenvalue weighted by Crippen LogP contribution is -2.53. The normalized spacial score (nSPS) is 13.2. The Balaban J connectivity index is 2.17. The van der Waals surface area contributed by atoms with Crippen LogP contribution >= 0.6 is 11.6 Å². The van der Waals surface area contributed by atoms with Crippen LogP contribution in [0.15, 0.2) is 48.5 Å². The summed E-state index contributed by atoms with van der Waals surface area (Å²) in [5.41, 5.74) is -0.946. The van der Waals surface area contributed by atoms with Crippen molar-refractivity contribution >= 4 is 23.4 Å². The average molecular weight is 334 g/mol. The van der Waals surface area contributed by atoms with Crippen LogP contribution in [0.2, 0.25) is 5.02 Å². The van der Waals surface area contributed by atoms with Crippen molar-refractivity contribution in [2.45, 2.75) is 12.5 Å². The van der Waals surface area contributed by atoms with Crippen molar-refractivity contribution in [2.24, 2.45) is 0 Å². The fourth-order valence-corrected chi connectivity index (χ4v) is 1.97. The number of carboxylic acid groups (broad SMARTS) is 1. The maximum atomic E-state index is 12.3. The summed E-state index contributed by atoms with van der Waals surface area (Å²) in [5, 5.41) is 20.6. The Morgan fingerprint density at radius 3 is 2.00 bits per heavy atom. The summed E-state index contributed by atoms with van der Waals surface area (Å²) in [4.78, 5) is 23.3. The number of aliphatic hydroxyl groups is 1. The minimum absolute atomic E-state index is 0.196. The van der Waals surface area contributed by atoms with Gasteiger partial charge in [0.25, 0.3) is 0 Å². The van der Waals surface area contributed by atoms with Crippen molar-refractivity contribution in [3.63, 3.8) is 0 Å². The van der Waals surface area contributed by atoms with E-state index in [4.69, 9.17) is 21.4 Å². The van der Waals surface area contributed by atoms with Gasteiger partial charge in [-0.2, -0.15) is 0 Å². The fourth-order valence-electron chi connectivity index (χ4n) is 1.84. The molecular formula is C17H14ClO5-. The van der Waals surface area contributed by atoms with Crippen LogP contribution in [-0.4, -0.2) is 29.1 Å². The van der Waals surface area contributed by atoms with Crippen molar-refractivity contribution in [3.8, 4) is 5.75 Å². The van der Waals surface area contributed by atoms with E-state index in [1.54, 1.807) is 24.3 Å². The zero-order valence-electron chi connectivity index (χ0n) is 12.3. The first-order valence-electron chi connectivity index (χ1n) is 6.77. The predicted molar refractivity (Wildman–Crippen MR) is 82.5 cm³/mol. The van der Waals surface area contributed by atoms with Crippen molar-refractivity contribution in [1.82, 2.24) is 0 Å². The molecule has 2 aromatic rings. The van der Waals surface area contributed by atoms with E-state index in [2.05, 4.69) is 0 Å². The molecule has 0 spiro atoms. The van der Waals surface area contributed by atoms with Gasteiger partial charge in [0, 0.05) is 16.1 Å². The second-order valence-electron chi connectivity index (χ2n) is 5.14. The SMILES string of the molecule is CC(CO)(Oc1ccc(C(=O)c2ccc(Cl)cc2)cc1)C(=O)[O-]. The molecule has 0 aromatic heterocycles. The number of carbonyl (C=O) groups is 2. The number of ether oxygens (including phenoxy) is 1. The van der Waals surface area contributed by atoms with Crippen LogP contribution in [0.4, 0.5) is 0 Å². The smallest absolute Gasteiger partial charge is 0.193 e. The number of aliphatic carboxylic acids is 1. The van der Waals surface area contributed by atoms with Gasteiger partial charge in [0.1, 0.15) is 5.75 Å². The second-order valence-corrected chi connectivity index (χ2v) is 5.58. The predicted octanol–water partition coefficient (Wildman–Crippen LogP) is 1.45. The first-order valence-corrected chi connectivity index (χ1v) is 7.15. The summed E-state index contributed by atoms with van der Waals surface area (Å²) < 4.78 is 5.23. The number of ketones is 1. The molecule has 1 atom stereocenters. The standard InChI is InChI=1S/C17H15ClO5/c1-17(10-19,16(21)22)23-14-8-4-12(5-9-14)15(20)11-2-6-13(18)7-3-11/h2-9,19H,10H2,1H3,(H,21,22)/p-1. The zero-order chi connectivity index (χ0) is 17.0. The lowest BCUT2D eigenvalue weighted by molar-refractivity contribution is -0.323. The van der Waals surface area contributed by atoms with Gasteiger partial charge in [-0.05, 0) is 55.5 Å². The third kappa shape index (κ3) is 3.88. The van der Waals surface area contributed by atoms with Gasteiger partial charge in [0.15, 0.2) is 11.4 Å². The first kappa shape index (κ1) is 17.0. The minimum atomic E-state index is -1.85. The highest BCUT2D eigenvalue weighted by Crippen LogP contribution is 2.21. The van der Waals surface area contributed by atoms with Crippen molar-refractivity contribution < 1.29 is 24.5 Å². The molecule has 0 aliphatic carbocycles. The van der Waals surface area contributed by atoms with Gasteiger partial charge >= 0.3 is 0 Å². The summed E-state index contributed by atoms with van der Waals surface area (Å²) >= 11 is 5.78. The highest BCUT2D eigenvalue weighted by molar-refractivity contribution is 6.30. The van der Waals surface area contributed by atoms with Gasteiger partial charge in [-0.25, -0.2) is 0 Å². The van der Waals surface area contributed by atoms with E-state index in [0.29, 0.717) is 16.1 Å². The molecule has 1 unspecified atom stereocenters. The van der Waals surface area contributed by atoms with Gasteiger partial charge in [-0.3, -0.25) is 4.79 Å². The summed E-state index contributed by atoms with van der Waals surface area (Å²) in [6.45, 7) is 0.468. The van der Waals surface area contributed by atoms with Crippen LogP contribution in [0.3, 0.4) is 0 Å². The van der Waals surface area contributed by atoms with Crippen molar-refractivity contribution in [1.29, 1.82) is 0 Å². The summed E-state index contributed by atoms with van der Waals surface area (Å²) in [5.74, 6) is -1.52. The number of carboxylic acids is 1. The topological polar surface area (TPSA) is 86.7 Å². The molecule has 23 heavy (non-hydrogen) atoms. The molecule has 0 saturated carbocycles. The molecule has 2 aromatic carbocycles. The van der Waals surface area contributed by atoms with E-state index >= 15 is 0 Å². The van der Waals surface area contributed by atoms with Crippen LogP contribution < -0.4 is 9.84 Å². The molecular weight excluding hydrogens is 320 g/mol. The summed E-state index contributed by atoms with van der Waals surface area (Å²) in [6.07, 6.45) is 0.